The molecule has 0 amide bonds. The van der Waals surface area contributed by atoms with Gasteiger partial charge in [-0.3, -0.25) is 14.4 Å². The Balaban J connectivity index is 0.990. The highest BCUT2D eigenvalue weighted by Gasteiger charge is 2.18. The number of anilines is 3. The van der Waals surface area contributed by atoms with Crippen molar-refractivity contribution in [3.63, 3.8) is 0 Å². The van der Waals surface area contributed by atoms with Gasteiger partial charge in [0.1, 0.15) is 0 Å². The molecule has 0 aliphatic carbocycles. The van der Waals surface area contributed by atoms with Gasteiger partial charge in [0.15, 0.2) is 17.3 Å². The maximum absolute atomic E-state index is 13.7. The molecular formula is C57H39NO3. The number of hydrogen-bond acceptors (Lipinski definition) is 4. The fraction of sp³-hybridized carbons (Fsp3) is 0. The standard InChI is InChI=1S/C57H39NO3/c59-55(46-22-16-43(17-23-46)40-10-4-1-5-11-40)49-28-34-52(35-29-49)58(53-36-30-50(31-37-53)56(60)47-24-18-44(19-25-47)41-12-6-2-7-13-41)54-38-32-51(33-39-54)57(61)48-26-20-45(21-27-48)42-14-8-3-9-15-42/h1-39H. The summed E-state index contributed by atoms with van der Waals surface area (Å²) < 4.78 is 0. The van der Waals surface area contributed by atoms with Crippen LogP contribution in [0.15, 0.2) is 237 Å². The first-order chi connectivity index (χ1) is 30.0. The number of nitrogens with zero attached hydrogens (tertiary/aromatic N) is 1. The average Bonchev–Trinajstić information content (AvgIpc) is 3.35. The summed E-state index contributed by atoms with van der Waals surface area (Å²) in [6.45, 7) is 0. The van der Waals surface area contributed by atoms with Crippen molar-refractivity contribution in [1.29, 1.82) is 0 Å². The molecule has 0 bridgehead atoms. The summed E-state index contributed by atoms with van der Waals surface area (Å²) in [5.41, 5.74) is 12.4. The monoisotopic (exact) mass is 785 g/mol. The van der Waals surface area contributed by atoms with Crippen molar-refractivity contribution < 1.29 is 14.4 Å². The van der Waals surface area contributed by atoms with E-state index in [0.717, 1.165) is 50.4 Å². The SMILES string of the molecule is O=C(c1ccc(-c2ccccc2)cc1)c1ccc(N(c2ccc(C(=O)c3ccc(-c4ccccc4)cc3)cc2)c2ccc(C(=O)c3ccc(-c4ccccc4)cc3)cc2)cc1. The van der Waals surface area contributed by atoms with Gasteiger partial charge in [0, 0.05) is 50.4 Å². The number of carbonyl (C=O) groups excluding carboxylic acids is 3. The highest BCUT2D eigenvalue weighted by atomic mass is 16.1. The summed E-state index contributed by atoms with van der Waals surface area (Å²) in [6.07, 6.45) is 0. The number of carbonyl (C=O) groups is 3. The third kappa shape index (κ3) is 8.38. The van der Waals surface area contributed by atoms with Crippen LogP contribution < -0.4 is 4.90 Å². The van der Waals surface area contributed by atoms with Crippen molar-refractivity contribution in [2.24, 2.45) is 0 Å². The van der Waals surface area contributed by atoms with Gasteiger partial charge in [-0.2, -0.15) is 0 Å². The van der Waals surface area contributed by atoms with E-state index < -0.39 is 0 Å². The highest BCUT2D eigenvalue weighted by Crippen LogP contribution is 2.36. The molecule has 0 saturated carbocycles. The summed E-state index contributed by atoms with van der Waals surface area (Å²) in [5.74, 6) is -0.217. The normalized spacial score (nSPS) is 10.8. The second kappa shape index (κ2) is 17.3. The fourth-order valence-corrected chi connectivity index (χ4v) is 7.57. The first-order valence-corrected chi connectivity index (χ1v) is 20.2. The minimum atomic E-state index is -0.0722. The fourth-order valence-electron chi connectivity index (χ4n) is 7.57. The molecule has 0 unspecified atom stereocenters. The molecule has 0 N–H and O–H groups in total. The molecule has 0 aliphatic heterocycles. The van der Waals surface area contributed by atoms with Crippen LogP contribution in [-0.4, -0.2) is 17.3 Å². The first-order valence-electron chi connectivity index (χ1n) is 20.2. The number of rotatable bonds is 12. The van der Waals surface area contributed by atoms with E-state index >= 15 is 0 Å². The van der Waals surface area contributed by atoms with Gasteiger partial charge in [-0.25, -0.2) is 0 Å². The molecule has 61 heavy (non-hydrogen) atoms. The van der Waals surface area contributed by atoms with Crippen molar-refractivity contribution >= 4 is 34.4 Å². The van der Waals surface area contributed by atoms with Gasteiger partial charge in [-0.05, 0) is 106 Å². The molecule has 290 valence electrons. The maximum atomic E-state index is 13.7. The van der Waals surface area contributed by atoms with E-state index in [0.29, 0.717) is 33.4 Å². The third-order valence-electron chi connectivity index (χ3n) is 10.9. The van der Waals surface area contributed by atoms with E-state index in [9.17, 15) is 14.4 Å². The van der Waals surface area contributed by atoms with Crippen molar-refractivity contribution in [1.82, 2.24) is 0 Å². The molecule has 9 aromatic carbocycles. The van der Waals surface area contributed by atoms with Crippen LogP contribution in [-0.2, 0) is 0 Å². The van der Waals surface area contributed by atoms with Crippen LogP contribution in [0.25, 0.3) is 33.4 Å². The molecule has 0 aliphatic rings. The van der Waals surface area contributed by atoms with Crippen LogP contribution in [0.4, 0.5) is 17.1 Å². The van der Waals surface area contributed by atoms with E-state index in [2.05, 4.69) is 4.90 Å². The molecule has 0 heterocycles. The average molecular weight is 786 g/mol. The topological polar surface area (TPSA) is 54.5 Å². The summed E-state index contributed by atoms with van der Waals surface area (Å²) in [5, 5.41) is 0. The van der Waals surface area contributed by atoms with Crippen molar-refractivity contribution in [3.8, 4) is 33.4 Å². The van der Waals surface area contributed by atoms with Gasteiger partial charge >= 0.3 is 0 Å². The Hall–Kier alpha value is -8.21. The highest BCUT2D eigenvalue weighted by molar-refractivity contribution is 6.11. The zero-order chi connectivity index (χ0) is 41.5. The van der Waals surface area contributed by atoms with Gasteiger partial charge in [0.05, 0.1) is 0 Å². The van der Waals surface area contributed by atoms with Crippen LogP contribution >= 0.6 is 0 Å². The van der Waals surface area contributed by atoms with Crippen LogP contribution in [0.5, 0.6) is 0 Å². The molecule has 0 aromatic heterocycles. The Morgan fingerprint density at radius 2 is 0.393 bits per heavy atom. The zero-order valence-corrected chi connectivity index (χ0v) is 33.2. The van der Waals surface area contributed by atoms with Gasteiger partial charge in [0.25, 0.3) is 0 Å². The van der Waals surface area contributed by atoms with Gasteiger partial charge in [-0.15, -0.1) is 0 Å². The quantitative estimate of drug-likeness (QED) is 0.116. The molecule has 4 nitrogen and oxygen atoms in total. The maximum Gasteiger partial charge on any atom is 0.193 e. The number of ketones is 3. The Morgan fingerprint density at radius 1 is 0.213 bits per heavy atom. The summed E-state index contributed by atoms with van der Waals surface area (Å²) in [6, 6.07) is 75.8. The molecule has 0 spiro atoms. The molecule has 4 heteroatoms. The van der Waals surface area contributed by atoms with E-state index in [1.54, 1.807) is 0 Å². The zero-order valence-electron chi connectivity index (χ0n) is 33.2. The van der Waals surface area contributed by atoms with Gasteiger partial charge in [-0.1, -0.05) is 164 Å². The largest absolute Gasteiger partial charge is 0.311 e. The summed E-state index contributed by atoms with van der Waals surface area (Å²) in [4.78, 5) is 43.0. The predicted molar refractivity (Wildman–Crippen MR) is 247 cm³/mol. The van der Waals surface area contributed by atoms with E-state index in [4.69, 9.17) is 0 Å². The lowest BCUT2D eigenvalue weighted by atomic mass is 9.98. The molecule has 0 fully saturated rings. The lowest BCUT2D eigenvalue weighted by molar-refractivity contribution is 0.103. The van der Waals surface area contributed by atoms with Crippen LogP contribution in [0, 0.1) is 0 Å². The van der Waals surface area contributed by atoms with E-state index in [1.165, 1.54) is 0 Å². The molecular weight excluding hydrogens is 747 g/mol. The third-order valence-corrected chi connectivity index (χ3v) is 10.9. The summed E-state index contributed by atoms with van der Waals surface area (Å²) in [7, 11) is 0. The molecule has 9 aromatic rings. The second-order valence-corrected chi connectivity index (χ2v) is 14.8. The van der Waals surface area contributed by atoms with Crippen LogP contribution in [0.2, 0.25) is 0 Å². The summed E-state index contributed by atoms with van der Waals surface area (Å²) >= 11 is 0. The molecule has 0 radical (unpaired) electrons. The minimum Gasteiger partial charge on any atom is -0.311 e. The predicted octanol–water partition coefficient (Wildman–Crippen LogP) is 13.9. The number of hydrogen-bond donors (Lipinski definition) is 0. The first kappa shape index (κ1) is 38.3. The lowest BCUT2D eigenvalue weighted by Crippen LogP contribution is -2.11. The van der Waals surface area contributed by atoms with Crippen LogP contribution in [0.1, 0.15) is 47.8 Å². The Kier molecular flexibility index (Phi) is 10.9. The molecule has 0 saturated heterocycles. The Morgan fingerprint density at radius 3 is 0.607 bits per heavy atom. The van der Waals surface area contributed by atoms with Gasteiger partial charge < -0.3 is 4.90 Å². The van der Waals surface area contributed by atoms with Crippen LogP contribution in [0.3, 0.4) is 0 Å². The van der Waals surface area contributed by atoms with E-state index in [-0.39, 0.29) is 17.3 Å². The van der Waals surface area contributed by atoms with Gasteiger partial charge in [0.2, 0.25) is 0 Å². The number of benzene rings is 9. The van der Waals surface area contributed by atoms with Crippen molar-refractivity contribution in [3.05, 3.63) is 270 Å². The smallest absolute Gasteiger partial charge is 0.193 e. The van der Waals surface area contributed by atoms with E-state index in [1.807, 2.05) is 237 Å². The Bertz CT molecular complexity index is 2600. The Labute approximate surface area is 355 Å². The lowest BCUT2D eigenvalue weighted by Gasteiger charge is -2.26. The minimum absolute atomic E-state index is 0.0722. The molecule has 0 atom stereocenters. The molecule has 9 rings (SSSR count). The second-order valence-electron chi connectivity index (χ2n) is 14.8. The van der Waals surface area contributed by atoms with Crippen molar-refractivity contribution in [2.45, 2.75) is 0 Å². The van der Waals surface area contributed by atoms with Crippen molar-refractivity contribution in [2.75, 3.05) is 4.90 Å².